The third-order valence-corrected chi connectivity index (χ3v) is 11.9. The van der Waals surface area contributed by atoms with Gasteiger partial charge < -0.3 is 0 Å². The zero-order chi connectivity index (χ0) is 56.3. The van der Waals surface area contributed by atoms with E-state index < -0.39 is 195 Å². The standard InChI is InChI=1S/C32H12BF24.C16H13BrN/c34-25(35,36)13-1-14(26(37,38)39)6-21(5-13)33(22-7-15(27(40,41)42)2-16(8-22)28(43,44)45,23-9-17(29(46,47)48)3-18(10-23)30(49,50)51)24-11-19(31(52,53)54)4-20(12-24)32(55,56)57;17-16-7-6-14-8-9-18(12-15(14)10-16)11-13-4-2-1-3-5-13/h1-12H;1-10,12H,11H2/q-1;+1. The number of halogens is 25. The average molecular weight is 1160 g/mol. The molecule has 0 radical (unpaired) electrons. The monoisotopic (exact) mass is 1160 g/mol. The molecule has 7 rings (SSSR count). The molecule has 1 nitrogen and oxygen atoms in total. The zero-order valence-electron chi connectivity index (χ0n) is 36.5. The Morgan fingerprint density at radius 3 is 0.867 bits per heavy atom. The molecule has 0 saturated carbocycles. The Balaban J connectivity index is 0.000000421. The van der Waals surface area contributed by atoms with Gasteiger partial charge in [-0.3, -0.25) is 0 Å². The predicted molar refractivity (Wildman–Crippen MR) is 227 cm³/mol. The SMILES string of the molecule is Brc1ccc2cc[n+](Cc3ccccc3)cc2c1.FC(F)(F)c1cc([B-](c2cc(C(F)(F)F)cc(C(F)(F)F)c2)(c2cc(C(F)(F)F)cc(C(F)(F)F)c2)c2cc(C(F)(F)F)cc(C(F)(F)F)c2)cc(C(F)(F)F)c1. The highest BCUT2D eigenvalue weighted by Gasteiger charge is 2.47. The molecule has 0 amide bonds. The van der Waals surface area contributed by atoms with E-state index >= 15 is 0 Å². The first-order valence-corrected chi connectivity index (χ1v) is 21.3. The van der Waals surface area contributed by atoms with Gasteiger partial charge in [0, 0.05) is 21.5 Å². The predicted octanol–water partition coefficient (Wildman–Crippen LogP) is 15.2. The van der Waals surface area contributed by atoms with Crippen LogP contribution in [0.3, 0.4) is 0 Å². The van der Waals surface area contributed by atoms with Crippen LogP contribution in [0.15, 0.2) is 144 Å². The number of hydrogen-bond donors (Lipinski definition) is 0. The Kier molecular flexibility index (Phi) is 15.4. The molecule has 7 aromatic rings. The van der Waals surface area contributed by atoms with Crippen molar-refractivity contribution >= 4 is 54.7 Å². The minimum Gasteiger partial charge on any atom is -0.200 e. The summed E-state index contributed by atoms with van der Waals surface area (Å²) in [4.78, 5) is 0. The van der Waals surface area contributed by atoms with Crippen LogP contribution in [0.2, 0.25) is 0 Å². The Hall–Kier alpha value is -6.41. The first-order valence-electron chi connectivity index (χ1n) is 20.6. The molecule has 0 N–H and O–H groups in total. The summed E-state index contributed by atoms with van der Waals surface area (Å²) in [6.45, 7) is 0.906. The van der Waals surface area contributed by atoms with Crippen molar-refractivity contribution in [2.24, 2.45) is 0 Å². The van der Waals surface area contributed by atoms with E-state index in [1.807, 2.05) is 6.07 Å². The highest BCUT2D eigenvalue weighted by atomic mass is 79.9. The highest BCUT2D eigenvalue weighted by molar-refractivity contribution is 9.10. The number of rotatable bonds is 6. The van der Waals surface area contributed by atoms with Gasteiger partial charge in [-0.05, 0) is 41.8 Å². The van der Waals surface area contributed by atoms with Gasteiger partial charge in [0.2, 0.25) is 0 Å². The van der Waals surface area contributed by atoms with Crippen molar-refractivity contribution in [2.75, 3.05) is 0 Å². The molecule has 27 heteroatoms. The first kappa shape index (κ1) is 57.9. The fourth-order valence-corrected chi connectivity index (χ4v) is 8.55. The van der Waals surface area contributed by atoms with Gasteiger partial charge in [0.05, 0.1) is 44.5 Å². The van der Waals surface area contributed by atoms with E-state index in [1.54, 1.807) is 0 Å². The van der Waals surface area contributed by atoms with Crippen LogP contribution in [-0.2, 0) is 56.0 Å². The van der Waals surface area contributed by atoms with E-state index in [1.165, 1.54) is 16.3 Å². The summed E-state index contributed by atoms with van der Waals surface area (Å²) in [5.41, 5.74) is -28.9. The highest BCUT2D eigenvalue weighted by Crippen LogP contribution is 2.41. The maximum absolute atomic E-state index is 14.2. The maximum atomic E-state index is 14.2. The van der Waals surface area contributed by atoms with Crippen molar-refractivity contribution < 1.29 is 110 Å². The summed E-state index contributed by atoms with van der Waals surface area (Å²) in [5, 5.41) is 2.52. The van der Waals surface area contributed by atoms with Crippen molar-refractivity contribution in [1.29, 1.82) is 0 Å². The summed E-state index contributed by atoms with van der Waals surface area (Å²) < 4.78 is 344. The van der Waals surface area contributed by atoms with Crippen molar-refractivity contribution in [3.05, 3.63) is 194 Å². The van der Waals surface area contributed by atoms with Crippen LogP contribution in [0, 0.1) is 0 Å². The molecule has 1 heterocycles. The molecule has 0 bridgehead atoms. The molecule has 0 unspecified atom stereocenters. The van der Waals surface area contributed by atoms with Crippen LogP contribution in [-0.4, -0.2) is 6.15 Å². The topological polar surface area (TPSA) is 3.88 Å². The fraction of sp³-hybridized carbons (Fsp3) is 0.188. The molecule has 0 spiro atoms. The third-order valence-electron chi connectivity index (χ3n) is 11.4. The molecule has 0 aliphatic rings. The van der Waals surface area contributed by atoms with Crippen molar-refractivity contribution in [1.82, 2.24) is 0 Å². The second kappa shape index (κ2) is 19.9. The second-order valence-corrected chi connectivity index (χ2v) is 17.5. The van der Waals surface area contributed by atoms with E-state index in [0.29, 0.717) is 0 Å². The Bertz CT molecular complexity index is 2760. The molecule has 0 fully saturated rings. The minimum atomic E-state index is -6.13. The molecule has 0 aliphatic heterocycles. The number of alkyl halides is 24. The second-order valence-electron chi connectivity index (χ2n) is 16.6. The molecule has 75 heavy (non-hydrogen) atoms. The number of pyridine rings is 1. The molecular weight excluding hydrogens is 1140 g/mol. The largest absolute Gasteiger partial charge is 0.416 e. The molecule has 0 aliphatic carbocycles. The quantitative estimate of drug-likeness (QED) is 0.0888. The summed E-state index contributed by atoms with van der Waals surface area (Å²) in [6, 6.07) is 10.2. The van der Waals surface area contributed by atoms with Crippen LogP contribution in [0.5, 0.6) is 0 Å². The summed E-state index contributed by atoms with van der Waals surface area (Å²) in [5.74, 6) is 0. The van der Waals surface area contributed by atoms with Gasteiger partial charge in [-0.1, -0.05) is 101 Å². The van der Waals surface area contributed by atoms with E-state index in [0.717, 1.165) is 11.0 Å². The lowest BCUT2D eigenvalue weighted by molar-refractivity contribution is -0.687. The van der Waals surface area contributed by atoms with Gasteiger partial charge in [0.25, 0.3) is 0 Å². The van der Waals surface area contributed by atoms with E-state index in [4.69, 9.17) is 0 Å². The lowest BCUT2D eigenvalue weighted by atomic mass is 9.12. The normalized spacial score (nSPS) is 13.5. The third kappa shape index (κ3) is 13.4. The van der Waals surface area contributed by atoms with Crippen LogP contribution >= 0.6 is 15.9 Å². The molecule has 400 valence electrons. The summed E-state index contributed by atoms with van der Waals surface area (Å²) in [7, 11) is 0. The maximum Gasteiger partial charge on any atom is 0.416 e. The zero-order valence-corrected chi connectivity index (χ0v) is 38.0. The number of nitrogens with zero attached hydrogens (tertiary/aromatic N) is 1. The van der Waals surface area contributed by atoms with Gasteiger partial charge in [-0.15, -0.1) is 0 Å². The van der Waals surface area contributed by atoms with E-state index in [2.05, 4.69) is 81.4 Å². The van der Waals surface area contributed by atoms with E-state index in [-0.39, 0.29) is 0 Å². The molecule has 0 atom stereocenters. The van der Waals surface area contributed by atoms with Crippen LogP contribution in [0.25, 0.3) is 10.8 Å². The number of aromatic nitrogens is 1. The van der Waals surface area contributed by atoms with Crippen molar-refractivity contribution in [3.63, 3.8) is 0 Å². The first-order chi connectivity index (χ1) is 34.1. The van der Waals surface area contributed by atoms with Crippen LogP contribution < -0.4 is 26.4 Å². The Morgan fingerprint density at radius 1 is 0.320 bits per heavy atom. The Labute approximate surface area is 414 Å². The van der Waals surface area contributed by atoms with E-state index in [9.17, 15) is 105 Å². The number of fused-ring (bicyclic) bond motifs is 1. The molecular formula is C48H25BBrF24N. The lowest BCUT2D eigenvalue weighted by Gasteiger charge is -2.46. The van der Waals surface area contributed by atoms with Gasteiger partial charge in [-0.2, -0.15) is 127 Å². The number of hydrogen-bond acceptors (Lipinski definition) is 0. The Morgan fingerprint density at radius 2 is 0.600 bits per heavy atom. The molecule has 1 aromatic heterocycles. The van der Waals surface area contributed by atoms with Crippen molar-refractivity contribution in [3.8, 4) is 0 Å². The van der Waals surface area contributed by atoms with Gasteiger partial charge in [-0.25, -0.2) is 4.57 Å². The van der Waals surface area contributed by atoms with Gasteiger partial charge in [0.1, 0.15) is 6.15 Å². The average Bonchev–Trinajstić information content (AvgIpc) is 3.27. The van der Waals surface area contributed by atoms with Gasteiger partial charge in [0.15, 0.2) is 18.9 Å². The lowest BCUT2D eigenvalue weighted by Crippen LogP contribution is -2.75. The minimum absolute atomic E-state index is 0.691. The summed E-state index contributed by atoms with van der Waals surface area (Å²) >= 11 is 3.51. The van der Waals surface area contributed by atoms with Gasteiger partial charge >= 0.3 is 49.4 Å². The summed E-state index contributed by atoms with van der Waals surface area (Å²) in [6.07, 6.45) is -50.5. The molecule has 6 aromatic carbocycles. The van der Waals surface area contributed by atoms with Crippen LogP contribution in [0.4, 0.5) is 105 Å². The fourth-order valence-electron chi connectivity index (χ4n) is 8.17. The smallest absolute Gasteiger partial charge is 0.200 e. The van der Waals surface area contributed by atoms with Crippen LogP contribution in [0.1, 0.15) is 50.1 Å². The number of benzene rings is 6. The van der Waals surface area contributed by atoms with Crippen molar-refractivity contribution in [2.45, 2.75) is 56.0 Å². The molecule has 0 saturated heterocycles.